The second-order valence-electron chi connectivity index (χ2n) is 4.13. The Labute approximate surface area is 110 Å². The van der Waals surface area contributed by atoms with Crippen LogP contribution in [0, 0.1) is 25.2 Å². The highest BCUT2D eigenvalue weighted by Gasteiger charge is 2.06. The number of hydrogen-bond acceptors (Lipinski definition) is 4. The number of aromatic hydroxyl groups is 1. The van der Waals surface area contributed by atoms with Gasteiger partial charge in [-0.05, 0) is 37.6 Å². The number of anilines is 1. The maximum atomic E-state index is 9.85. The third-order valence-corrected chi connectivity index (χ3v) is 3.85. The van der Waals surface area contributed by atoms with Crippen molar-refractivity contribution in [2.45, 2.75) is 20.4 Å². The quantitative estimate of drug-likeness (QED) is 0.885. The van der Waals surface area contributed by atoms with Gasteiger partial charge in [-0.25, -0.2) is 0 Å². The maximum absolute atomic E-state index is 9.85. The second-order valence-corrected chi connectivity index (χ2v) is 5.30. The summed E-state index contributed by atoms with van der Waals surface area (Å²) in [6, 6.07) is 9.74. The molecule has 0 bridgehead atoms. The summed E-state index contributed by atoms with van der Waals surface area (Å²) in [5.74, 6) is 0.337. The standard InChI is InChI=1S/C14H14N2OS/c1-9-3-6-13(10(2)14(9)17)16-8-12-5-4-11(7-15)18-12/h3-6,16-17H,8H2,1-2H3. The van der Waals surface area contributed by atoms with E-state index in [1.54, 1.807) is 0 Å². The summed E-state index contributed by atoms with van der Waals surface area (Å²) in [4.78, 5) is 1.82. The van der Waals surface area contributed by atoms with Gasteiger partial charge in [0.15, 0.2) is 0 Å². The summed E-state index contributed by atoms with van der Waals surface area (Å²) in [6.45, 7) is 4.43. The van der Waals surface area contributed by atoms with Gasteiger partial charge in [-0.3, -0.25) is 0 Å². The van der Waals surface area contributed by atoms with E-state index >= 15 is 0 Å². The Morgan fingerprint density at radius 1 is 1.28 bits per heavy atom. The van der Waals surface area contributed by atoms with Crippen molar-refractivity contribution in [3.8, 4) is 11.8 Å². The number of rotatable bonds is 3. The van der Waals surface area contributed by atoms with Crippen molar-refractivity contribution in [2.75, 3.05) is 5.32 Å². The average molecular weight is 258 g/mol. The van der Waals surface area contributed by atoms with Gasteiger partial charge < -0.3 is 10.4 Å². The van der Waals surface area contributed by atoms with Crippen molar-refractivity contribution in [1.29, 1.82) is 5.26 Å². The first-order valence-electron chi connectivity index (χ1n) is 5.63. The highest BCUT2D eigenvalue weighted by atomic mass is 32.1. The van der Waals surface area contributed by atoms with Crippen molar-refractivity contribution in [3.05, 3.63) is 45.1 Å². The molecule has 2 aromatic rings. The van der Waals surface area contributed by atoms with Crippen LogP contribution in [0.25, 0.3) is 0 Å². The number of nitrogens with zero attached hydrogens (tertiary/aromatic N) is 1. The van der Waals surface area contributed by atoms with Gasteiger partial charge in [-0.2, -0.15) is 5.26 Å². The predicted octanol–water partition coefficient (Wildman–Crippen LogP) is 3.55. The molecule has 0 fully saturated rings. The number of nitrogens with one attached hydrogen (secondary N) is 1. The smallest absolute Gasteiger partial charge is 0.123 e. The van der Waals surface area contributed by atoms with Crippen molar-refractivity contribution in [3.63, 3.8) is 0 Å². The van der Waals surface area contributed by atoms with Gasteiger partial charge in [-0.1, -0.05) is 6.07 Å². The zero-order valence-electron chi connectivity index (χ0n) is 10.3. The topological polar surface area (TPSA) is 56.0 Å². The van der Waals surface area contributed by atoms with Crippen LogP contribution < -0.4 is 5.32 Å². The lowest BCUT2D eigenvalue weighted by molar-refractivity contribution is 0.467. The number of phenols is 1. The molecule has 0 radical (unpaired) electrons. The average Bonchev–Trinajstić information content (AvgIpc) is 2.83. The molecule has 0 aliphatic heterocycles. The minimum absolute atomic E-state index is 0.337. The van der Waals surface area contributed by atoms with E-state index in [0.717, 1.165) is 26.6 Å². The molecule has 0 spiro atoms. The lowest BCUT2D eigenvalue weighted by Crippen LogP contribution is -1.99. The van der Waals surface area contributed by atoms with E-state index in [1.807, 2.05) is 38.1 Å². The zero-order valence-corrected chi connectivity index (χ0v) is 11.1. The highest BCUT2D eigenvalue weighted by molar-refractivity contribution is 7.12. The molecule has 4 heteroatoms. The van der Waals surface area contributed by atoms with Crippen molar-refractivity contribution in [1.82, 2.24) is 0 Å². The van der Waals surface area contributed by atoms with Crippen LogP contribution in [0.1, 0.15) is 20.9 Å². The Hall–Kier alpha value is -1.99. The molecular formula is C14H14N2OS. The van der Waals surface area contributed by atoms with E-state index < -0.39 is 0 Å². The van der Waals surface area contributed by atoms with Crippen LogP contribution in [-0.2, 0) is 6.54 Å². The van der Waals surface area contributed by atoms with Crippen LogP contribution >= 0.6 is 11.3 Å². The van der Waals surface area contributed by atoms with Crippen molar-refractivity contribution >= 4 is 17.0 Å². The number of hydrogen-bond donors (Lipinski definition) is 2. The Balaban J connectivity index is 2.11. The first kappa shape index (κ1) is 12.5. The number of thiophene rings is 1. The number of aryl methyl sites for hydroxylation is 1. The number of benzene rings is 1. The summed E-state index contributed by atoms with van der Waals surface area (Å²) in [6.07, 6.45) is 0. The van der Waals surface area contributed by atoms with Crippen LogP contribution in [0.5, 0.6) is 5.75 Å². The molecule has 0 saturated carbocycles. The van der Waals surface area contributed by atoms with Gasteiger partial charge in [0, 0.05) is 22.7 Å². The van der Waals surface area contributed by atoms with Crippen molar-refractivity contribution < 1.29 is 5.11 Å². The van der Waals surface area contributed by atoms with Gasteiger partial charge in [0.2, 0.25) is 0 Å². The summed E-state index contributed by atoms with van der Waals surface area (Å²) in [5, 5.41) is 21.9. The molecule has 2 N–H and O–H groups in total. The molecular weight excluding hydrogens is 244 g/mol. The SMILES string of the molecule is Cc1ccc(NCc2ccc(C#N)s2)c(C)c1O. The minimum Gasteiger partial charge on any atom is -0.507 e. The third-order valence-electron chi connectivity index (χ3n) is 2.86. The number of phenolic OH excluding ortho intramolecular Hbond substituents is 1. The van der Waals surface area contributed by atoms with Crippen LogP contribution in [-0.4, -0.2) is 5.11 Å². The van der Waals surface area contributed by atoms with Crippen LogP contribution in [0.3, 0.4) is 0 Å². The highest BCUT2D eigenvalue weighted by Crippen LogP contribution is 2.28. The van der Waals surface area contributed by atoms with E-state index in [4.69, 9.17) is 5.26 Å². The number of nitriles is 1. The Morgan fingerprint density at radius 3 is 2.72 bits per heavy atom. The predicted molar refractivity (Wildman–Crippen MR) is 73.9 cm³/mol. The Morgan fingerprint density at radius 2 is 2.06 bits per heavy atom. The molecule has 0 aliphatic rings. The summed E-state index contributed by atoms with van der Waals surface area (Å²) in [5.41, 5.74) is 2.65. The first-order valence-corrected chi connectivity index (χ1v) is 6.45. The lowest BCUT2D eigenvalue weighted by atomic mass is 10.1. The van der Waals surface area contributed by atoms with E-state index in [9.17, 15) is 5.11 Å². The molecule has 0 amide bonds. The summed E-state index contributed by atoms with van der Waals surface area (Å²) >= 11 is 1.48. The monoisotopic (exact) mass is 258 g/mol. The van der Waals surface area contributed by atoms with E-state index in [-0.39, 0.29) is 0 Å². The van der Waals surface area contributed by atoms with E-state index in [2.05, 4.69) is 11.4 Å². The lowest BCUT2D eigenvalue weighted by Gasteiger charge is -2.11. The molecule has 1 aromatic heterocycles. The van der Waals surface area contributed by atoms with Crippen LogP contribution in [0.2, 0.25) is 0 Å². The van der Waals surface area contributed by atoms with E-state index in [1.165, 1.54) is 11.3 Å². The Bertz CT molecular complexity index is 611. The minimum atomic E-state index is 0.337. The molecule has 0 aliphatic carbocycles. The van der Waals surface area contributed by atoms with Crippen LogP contribution in [0.4, 0.5) is 5.69 Å². The third kappa shape index (κ3) is 2.47. The van der Waals surface area contributed by atoms with Gasteiger partial charge >= 0.3 is 0 Å². The largest absolute Gasteiger partial charge is 0.507 e. The molecule has 1 heterocycles. The van der Waals surface area contributed by atoms with Crippen molar-refractivity contribution in [2.24, 2.45) is 0 Å². The second kappa shape index (κ2) is 5.11. The fourth-order valence-corrected chi connectivity index (χ4v) is 2.49. The molecule has 0 atom stereocenters. The molecule has 1 aromatic carbocycles. The van der Waals surface area contributed by atoms with Gasteiger partial charge in [0.05, 0.1) is 0 Å². The zero-order chi connectivity index (χ0) is 13.1. The van der Waals surface area contributed by atoms with Gasteiger partial charge in [-0.15, -0.1) is 11.3 Å². The van der Waals surface area contributed by atoms with Gasteiger partial charge in [0.25, 0.3) is 0 Å². The van der Waals surface area contributed by atoms with Crippen LogP contribution in [0.15, 0.2) is 24.3 Å². The van der Waals surface area contributed by atoms with E-state index in [0.29, 0.717) is 12.3 Å². The molecule has 92 valence electrons. The molecule has 18 heavy (non-hydrogen) atoms. The maximum Gasteiger partial charge on any atom is 0.123 e. The molecule has 0 unspecified atom stereocenters. The molecule has 2 rings (SSSR count). The Kier molecular flexibility index (Phi) is 3.54. The fraction of sp³-hybridized carbons (Fsp3) is 0.214. The first-order chi connectivity index (χ1) is 8.61. The van der Waals surface area contributed by atoms with Gasteiger partial charge in [0.1, 0.15) is 16.7 Å². The summed E-state index contributed by atoms with van der Waals surface area (Å²) in [7, 11) is 0. The fourth-order valence-electron chi connectivity index (χ4n) is 1.74. The molecule has 0 saturated heterocycles. The summed E-state index contributed by atoms with van der Waals surface area (Å²) < 4.78 is 0. The normalized spacial score (nSPS) is 10.1. The molecule has 3 nitrogen and oxygen atoms in total.